The van der Waals surface area contributed by atoms with Crippen LogP contribution in [0.1, 0.15) is 53.6 Å². The zero-order valence-electron chi connectivity index (χ0n) is 19.5. The summed E-state index contributed by atoms with van der Waals surface area (Å²) in [5, 5.41) is 1.61. The van der Waals surface area contributed by atoms with Gasteiger partial charge in [-0.25, -0.2) is 13.2 Å². The summed E-state index contributed by atoms with van der Waals surface area (Å²) in [5.74, 6) is -7.62. The number of nitrogens with one attached hydrogen (secondary N) is 1. The molecule has 1 amide bonds. The molecule has 1 saturated carbocycles. The third-order valence-electron chi connectivity index (χ3n) is 6.05. The molecule has 2 aromatic carbocycles. The second-order valence-corrected chi connectivity index (χ2v) is 11.2. The summed E-state index contributed by atoms with van der Waals surface area (Å²) in [7, 11) is 0. The van der Waals surface area contributed by atoms with Crippen molar-refractivity contribution in [3.63, 3.8) is 0 Å². The number of halogens is 10. The standard InChI is InChI=1S/C25H19BrCl3F6NO2/c1-23(31,32)15(13-7-17(27)21(29)18(28)8-13)9-19(30)12-2-3-14(16(26)6-12)20(37)10-24(4-5-24)22(38)36-11-25(33,34)35/h2-3,6-9,15H,4-5,10-11H2,1H3,(H,36,38)/b19-9-. The monoisotopic (exact) mass is 663 g/mol. The van der Waals surface area contributed by atoms with Gasteiger partial charge in [0.1, 0.15) is 12.4 Å². The van der Waals surface area contributed by atoms with Gasteiger partial charge in [-0.3, -0.25) is 9.59 Å². The minimum absolute atomic E-state index is 0.0327. The van der Waals surface area contributed by atoms with Crippen molar-refractivity contribution >= 4 is 68.3 Å². The largest absolute Gasteiger partial charge is 0.405 e. The number of hydrogen-bond acceptors (Lipinski definition) is 2. The molecule has 0 aromatic heterocycles. The van der Waals surface area contributed by atoms with Crippen LogP contribution in [0.5, 0.6) is 0 Å². The van der Waals surface area contributed by atoms with E-state index in [9.17, 15) is 31.5 Å². The zero-order chi connectivity index (χ0) is 28.6. The molecule has 3 nitrogen and oxygen atoms in total. The quantitative estimate of drug-likeness (QED) is 0.165. The topological polar surface area (TPSA) is 46.2 Å². The summed E-state index contributed by atoms with van der Waals surface area (Å²) >= 11 is 20.9. The van der Waals surface area contributed by atoms with Gasteiger partial charge in [0.25, 0.3) is 5.92 Å². The van der Waals surface area contributed by atoms with Crippen LogP contribution in [0.4, 0.5) is 26.3 Å². The van der Waals surface area contributed by atoms with Crippen LogP contribution in [0.2, 0.25) is 15.1 Å². The average molecular weight is 666 g/mol. The molecule has 206 valence electrons. The molecule has 2 aromatic rings. The van der Waals surface area contributed by atoms with Crippen molar-refractivity contribution in [3.05, 3.63) is 72.6 Å². The molecule has 1 atom stereocenters. The summed E-state index contributed by atoms with van der Waals surface area (Å²) in [6.07, 6.45) is -3.72. The minimum Gasteiger partial charge on any atom is -0.346 e. The third-order valence-corrected chi connectivity index (χ3v) is 7.91. The molecular formula is C25H19BrCl3F6NO2. The van der Waals surface area contributed by atoms with E-state index in [-0.39, 0.29) is 55.5 Å². The molecule has 1 unspecified atom stereocenters. The van der Waals surface area contributed by atoms with E-state index in [4.69, 9.17) is 34.8 Å². The number of alkyl halides is 5. The van der Waals surface area contributed by atoms with E-state index in [2.05, 4.69) is 15.9 Å². The highest BCUT2D eigenvalue weighted by Crippen LogP contribution is 2.50. The number of carbonyl (C=O) groups is 2. The van der Waals surface area contributed by atoms with Crippen LogP contribution in [-0.4, -0.2) is 30.3 Å². The van der Waals surface area contributed by atoms with Crippen LogP contribution in [0.15, 0.2) is 40.9 Å². The Morgan fingerprint density at radius 2 is 1.66 bits per heavy atom. The van der Waals surface area contributed by atoms with Gasteiger partial charge in [-0.15, -0.1) is 0 Å². The number of benzene rings is 2. The number of hydrogen-bond donors (Lipinski definition) is 1. The van der Waals surface area contributed by atoms with Crippen LogP contribution in [0.25, 0.3) is 5.83 Å². The number of carbonyl (C=O) groups excluding carboxylic acids is 2. The maximum Gasteiger partial charge on any atom is 0.405 e. The predicted molar refractivity (Wildman–Crippen MR) is 138 cm³/mol. The first-order chi connectivity index (χ1) is 17.4. The van der Waals surface area contributed by atoms with E-state index in [0.29, 0.717) is 13.0 Å². The molecule has 3 rings (SSSR count). The first kappa shape index (κ1) is 30.8. The van der Waals surface area contributed by atoms with Gasteiger partial charge in [0, 0.05) is 28.9 Å². The van der Waals surface area contributed by atoms with Gasteiger partial charge in [0.05, 0.1) is 26.4 Å². The SMILES string of the molecule is CC(F)(F)C(/C=C(\F)c1ccc(C(=O)CC2(C(=O)NCC(F)(F)F)CC2)c(Br)c1)c1cc(Cl)c(Cl)c(Cl)c1. The van der Waals surface area contributed by atoms with Crippen LogP contribution in [0, 0.1) is 5.41 Å². The van der Waals surface area contributed by atoms with Gasteiger partial charge in [-0.05, 0) is 48.7 Å². The third kappa shape index (κ3) is 7.46. The molecule has 13 heteroatoms. The molecule has 1 N–H and O–H groups in total. The molecule has 0 aliphatic heterocycles. The molecule has 0 bridgehead atoms. The van der Waals surface area contributed by atoms with Crippen LogP contribution in [-0.2, 0) is 4.79 Å². The second kappa shape index (κ2) is 11.4. The number of allylic oxidation sites excluding steroid dienone is 1. The Balaban J connectivity index is 1.82. The fraction of sp³-hybridized carbons (Fsp3) is 0.360. The van der Waals surface area contributed by atoms with E-state index >= 15 is 4.39 Å². The lowest BCUT2D eigenvalue weighted by Crippen LogP contribution is -2.39. The van der Waals surface area contributed by atoms with E-state index in [1.54, 1.807) is 5.32 Å². The fourth-order valence-electron chi connectivity index (χ4n) is 3.83. The Labute approximate surface area is 237 Å². The van der Waals surface area contributed by atoms with Crippen molar-refractivity contribution < 1.29 is 35.9 Å². The molecule has 38 heavy (non-hydrogen) atoms. The minimum atomic E-state index is -4.58. The number of amides is 1. The molecule has 1 aliphatic carbocycles. The van der Waals surface area contributed by atoms with Gasteiger partial charge in [-0.2, -0.15) is 13.2 Å². The highest BCUT2D eigenvalue weighted by Gasteiger charge is 2.51. The van der Waals surface area contributed by atoms with Crippen LogP contribution < -0.4 is 5.32 Å². The second-order valence-electron chi connectivity index (χ2n) is 9.12. The van der Waals surface area contributed by atoms with Crippen LogP contribution >= 0.6 is 50.7 Å². The summed E-state index contributed by atoms with van der Waals surface area (Å²) in [5.41, 5.74) is -1.37. The first-order valence-electron chi connectivity index (χ1n) is 11.0. The molecule has 1 aliphatic rings. The number of ketones is 1. The molecule has 0 heterocycles. The van der Waals surface area contributed by atoms with Crippen LogP contribution in [0.3, 0.4) is 0 Å². The van der Waals surface area contributed by atoms with E-state index < -0.39 is 47.5 Å². The zero-order valence-corrected chi connectivity index (χ0v) is 23.3. The van der Waals surface area contributed by atoms with Crippen molar-refractivity contribution in [1.29, 1.82) is 0 Å². The highest BCUT2D eigenvalue weighted by atomic mass is 79.9. The van der Waals surface area contributed by atoms with Gasteiger partial charge in [0.2, 0.25) is 5.91 Å². The lowest BCUT2D eigenvalue weighted by Gasteiger charge is -2.22. The van der Waals surface area contributed by atoms with Gasteiger partial charge >= 0.3 is 6.18 Å². The summed E-state index contributed by atoms with van der Waals surface area (Å²) in [6, 6.07) is 5.97. The maximum atomic E-state index is 15.1. The normalized spacial score (nSPS) is 16.2. The van der Waals surface area contributed by atoms with Gasteiger partial charge < -0.3 is 5.32 Å². The predicted octanol–water partition coefficient (Wildman–Crippen LogP) is 9.19. The van der Waals surface area contributed by atoms with Gasteiger partial charge in [0.15, 0.2) is 5.78 Å². The average Bonchev–Trinajstić information content (AvgIpc) is 3.58. The molecule has 0 radical (unpaired) electrons. The van der Waals surface area contributed by atoms with Crippen molar-refractivity contribution in [2.24, 2.45) is 5.41 Å². The van der Waals surface area contributed by atoms with Crippen molar-refractivity contribution in [2.75, 3.05) is 6.54 Å². The Bertz CT molecular complexity index is 1270. The summed E-state index contributed by atoms with van der Waals surface area (Å²) < 4.78 is 81.4. The van der Waals surface area contributed by atoms with Gasteiger partial charge in [-0.1, -0.05) is 56.8 Å². The Hall–Kier alpha value is -1.75. The summed E-state index contributed by atoms with van der Waals surface area (Å²) in [4.78, 5) is 25.0. The van der Waals surface area contributed by atoms with Crippen molar-refractivity contribution in [1.82, 2.24) is 5.32 Å². The highest BCUT2D eigenvalue weighted by molar-refractivity contribution is 9.10. The fourth-order valence-corrected chi connectivity index (χ4v) is 5.04. The molecule has 0 spiro atoms. The molecule has 0 saturated heterocycles. The Morgan fingerprint density at radius 1 is 1.08 bits per heavy atom. The smallest absolute Gasteiger partial charge is 0.346 e. The maximum absolute atomic E-state index is 15.1. The van der Waals surface area contributed by atoms with Crippen molar-refractivity contribution in [3.8, 4) is 0 Å². The van der Waals surface area contributed by atoms with E-state index in [1.807, 2.05) is 0 Å². The molecule has 1 fully saturated rings. The summed E-state index contributed by atoms with van der Waals surface area (Å²) in [6.45, 7) is -0.897. The number of rotatable bonds is 9. The van der Waals surface area contributed by atoms with E-state index in [0.717, 1.165) is 12.1 Å². The Morgan fingerprint density at radius 3 is 2.13 bits per heavy atom. The Kier molecular flexibility index (Phi) is 9.23. The first-order valence-corrected chi connectivity index (χ1v) is 12.9. The molecular weight excluding hydrogens is 647 g/mol. The lowest BCUT2D eigenvalue weighted by molar-refractivity contribution is -0.141. The number of Topliss-reactive ketones (excluding diaryl/α,β-unsaturated/α-hetero) is 1. The van der Waals surface area contributed by atoms with E-state index in [1.165, 1.54) is 18.2 Å². The van der Waals surface area contributed by atoms with Crippen molar-refractivity contribution in [2.45, 2.75) is 44.2 Å². The lowest BCUT2D eigenvalue weighted by atomic mass is 9.91.